The smallest absolute Gasteiger partial charge is 0.220 e. The largest absolute Gasteiger partial charge is 0.356 e. The zero-order chi connectivity index (χ0) is 32.1. The Morgan fingerprint density at radius 2 is 1.71 bits per heavy atom. The Kier molecular flexibility index (Phi) is 22.4. The molecule has 3 N–H and O–H groups in total. The lowest BCUT2D eigenvalue weighted by atomic mass is 9.85. The van der Waals surface area contributed by atoms with E-state index in [0.29, 0.717) is 17.3 Å². The summed E-state index contributed by atoms with van der Waals surface area (Å²) in [4.78, 5) is 17.5. The number of piperidine rings is 1. The molecule has 1 aliphatic carbocycles. The second kappa shape index (κ2) is 23.5. The van der Waals surface area contributed by atoms with Crippen molar-refractivity contribution in [2.24, 2.45) is 23.7 Å². The molecule has 0 spiro atoms. The molecule has 0 aromatic carbocycles. The quantitative estimate of drug-likeness (QED) is 0.237. The second-order valence-corrected chi connectivity index (χ2v) is 13.1. The van der Waals surface area contributed by atoms with Crippen LogP contribution in [0.15, 0.2) is 17.3 Å². The van der Waals surface area contributed by atoms with Gasteiger partial charge in [-0.1, -0.05) is 92.1 Å². The topological polar surface area (TPSA) is 81.6 Å². The van der Waals surface area contributed by atoms with Crippen LogP contribution < -0.4 is 5.32 Å². The zero-order valence-corrected chi connectivity index (χ0v) is 29.1. The number of hydrogen-bond acceptors (Lipinski definition) is 3. The van der Waals surface area contributed by atoms with Gasteiger partial charge in [0.25, 0.3) is 0 Å². The minimum absolute atomic E-state index is 0.211. The highest BCUT2D eigenvalue weighted by atomic mass is 19.1. The van der Waals surface area contributed by atoms with Gasteiger partial charge in [0.15, 0.2) is 0 Å². The molecule has 42 heavy (non-hydrogen) atoms. The zero-order valence-electron chi connectivity index (χ0n) is 29.1. The Bertz CT molecular complexity index is 877. The average molecular weight is 591 g/mol. The molecule has 1 aromatic heterocycles. The van der Waals surface area contributed by atoms with Crippen molar-refractivity contribution in [2.45, 2.75) is 159 Å². The summed E-state index contributed by atoms with van der Waals surface area (Å²) in [6.07, 6.45) is 16.3. The number of carbonyl (C=O) groups is 1. The molecule has 244 valence electrons. The molecule has 3 rings (SSSR count). The van der Waals surface area contributed by atoms with Gasteiger partial charge >= 0.3 is 0 Å². The molecule has 1 saturated heterocycles. The van der Waals surface area contributed by atoms with Crippen LogP contribution in [-0.2, 0) is 4.79 Å². The van der Waals surface area contributed by atoms with E-state index in [0.717, 1.165) is 61.9 Å². The fourth-order valence-electron chi connectivity index (χ4n) is 5.23. The van der Waals surface area contributed by atoms with Gasteiger partial charge in [-0.2, -0.15) is 0 Å². The number of imidazole rings is 1. The molecular formula is C36H67FN4O. The summed E-state index contributed by atoms with van der Waals surface area (Å²) < 4.78 is 14.0. The number of aromatic amines is 1. The molecule has 2 fully saturated rings. The molecule has 6 heteroatoms. The van der Waals surface area contributed by atoms with E-state index in [1.807, 2.05) is 20.8 Å². The van der Waals surface area contributed by atoms with Gasteiger partial charge in [0.05, 0.1) is 11.9 Å². The van der Waals surface area contributed by atoms with E-state index < -0.39 is 6.17 Å². The van der Waals surface area contributed by atoms with Crippen LogP contribution in [0.3, 0.4) is 0 Å². The molecular weight excluding hydrogens is 523 g/mol. The molecule has 0 bridgehead atoms. The van der Waals surface area contributed by atoms with Crippen LogP contribution >= 0.6 is 0 Å². The van der Waals surface area contributed by atoms with Crippen molar-refractivity contribution in [3.8, 4) is 0 Å². The third-order valence-electron chi connectivity index (χ3n) is 8.88. The lowest BCUT2D eigenvalue weighted by Gasteiger charge is -2.24. The first-order chi connectivity index (χ1) is 19.9. The van der Waals surface area contributed by atoms with Gasteiger partial charge in [0.2, 0.25) is 5.91 Å². The van der Waals surface area contributed by atoms with E-state index >= 15 is 0 Å². The van der Waals surface area contributed by atoms with Crippen molar-refractivity contribution >= 4 is 11.6 Å². The van der Waals surface area contributed by atoms with Crippen LogP contribution in [0.1, 0.15) is 163 Å². The van der Waals surface area contributed by atoms with Crippen LogP contribution in [-0.4, -0.2) is 28.1 Å². The van der Waals surface area contributed by atoms with Crippen LogP contribution in [0.4, 0.5) is 4.39 Å². The maximum absolute atomic E-state index is 14.0. The lowest BCUT2D eigenvalue weighted by molar-refractivity contribution is -0.122. The van der Waals surface area contributed by atoms with E-state index in [1.165, 1.54) is 56.9 Å². The van der Waals surface area contributed by atoms with Crippen LogP contribution in [0.25, 0.3) is 0 Å². The minimum atomic E-state index is -0.837. The fraction of sp³-hybridized carbons (Fsp3) is 0.806. The van der Waals surface area contributed by atoms with E-state index in [-0.39, 0.29) is 11.8 Å². The summed E-state index contributed by atoms with van der Waals surface area (Å²) in [5.74, 6) is 3.80. The molecule has 1 amide bonds. The number of unbranched alkanes of at least 4 members (excludes halogenated alkanes) is 1. The average Bonchev–Trinajstić information content (AvgIpc) is 3.43. The third-order valence-corrected chi connectivity index (χ3v) is 8.88. The number of alkyl halides is 1. The molecule has 1 aromatic rings. The Labute approximate surface area is 259 Å². The standard InChI is InChI=1S/C11H17FN2.C11H24.C8H15N.C6H11NO/c1-8-13-7-10(14-8)11(12)9-5-3-2-4-6-9;1-5-7-8-11(4)9-10(3)6-2;1-5-6(2)7(3)8(4)9;1-5-2-3-6(8)7-4-5/h7,9,11H,2-6H2,1H3,(H,13,14);10-11H,5-9H2,1-4H3;9H,5H2,1-4H3;5H,2-4H2,1H3,(H,7,8). The van der Waals surface area contributed by atoms with E-state index in [9.17, 15) is 9.18 Å². The summed E-state index contributed by atoms with van der Waals surface area (Å²) in [6.45, 7) is 22.2. The normalized spacial score (nSPS) is 19.7. The number of allylic oxidation sites excluding steroid dienone is 2. The number of aryl methyl sites for hydroxylation is 1. The number of nitrogens with one attached hydrogen (secondary N) is 3. The van der Waals surface area contributed by atoms with Gasteiger partial charge in [-0.25, -0.2) is 9.37 Å². The number of hydrogen-bond donors (Lipinski definition) is 3. The predicted molar refractivity (Wildman–Crippen MR) is 180 cm³/mol. The van der Waals surface area contributed by atoms with Crippen molar-refractivity contribution in [3.63, 3.8) is 0 Å². The van der Waals surface area contributed by atoms with Crippen molar-refractivity contribution in [1.82, 2.24) is 15.3 Å². The Morgan fingerprint density at radius 1 is 1.07 bits per heavy atom. The number of rotatable bonds is 10. The fourth-order valence-corrected chi connectivity index (χ4v) is 5.23. The monoisotopic (exact) mass is 591 g/mol. The summed E-state index contributed by atoms with van der Waals surface area (Å²) in [5.41, 5.74) is 3.81. The Balaban J connectivity index is 0.000000548. The number of aromatic nitrogens is 2. The van der Waals surface area contributed by atoms with E-state index in [1.54, 1.807) is 6.20 Å². The minimum Gasteiger partial charge on any atom is -0.356 e. The molecule has 2 heterocycles. The van der Waals surface area contributed by atoms with E-state index in [2.05, 4.69) is 63.8 Å². The SMILES string of the molecule is CC1CCC(=O)NC1.CCC(C)=C(C)C(C)=N.CCCCC(C)CC(C)CC.Cc1ncc(C(F)C2CCCCC2)[nH]1. The molecule has 1 aliphatic heterocycles. The molecule has 4 unspecified atom stereocenters. The second-order valence-electron chi connectivity index (χ2n) is 13.1. The van der Waals surface area contributed by atoms with Crippen molar-refractivity contribution in [1.29, 1.82) is 5.41 Å². The molecule has 4 atom stereocenters. The first-order valence-corrected chi connectivity index (χ1v) is 17.0. The number of H-pyrrole nitrogens is 1. The van der Waals surface area contributed by atoms with Gasteiger partial charge in [-0.3, -0.25) is 4.79 Å². The van der Waals surface area contributed by atoms with Gasteiger partial charge < -0.3 is 15.7 Å². The van der Waals surface area contributed by atoms with Crippen LogP contribution in [0, 0.1) is 36.0 Å². The van der Waals surface area contributed by atoms with Gasteiger partial charge in [-0.05, 0) is 89.0 Å². The summed E-state index contributed by atoms with van der Waals surface area (Å²) in [6, 6.07) is 0. The Morgan fingerprint density at radius 3 is 2.12 bits per heavy atom. The van der Waals surface area contributed by atoms with Crippen LogP contribution in [0.5, 0.6) is 0 Å². The maximum atomic E-state index is 14.0. The van der Waals surface area contributed by atoms with Gasteiger partial charge in [-0.15, -0.1) is 0 Å². The van der Waals surface area contributed by atoms with E-state index in [4.69, 9.17) is 5.41 Å². The van der Waals surface area contributed by atoms with Crippen LogP contribution in [0.2, 0.25) is 0 Å². The number of nitrogens with zero attached hydrogens (tertiary/aromatic N) is 1. The number of halogens is 1. The Hall–Kier alpha value is -1.98. The summed E-state index contributed by atoms with van der Waals surface area (Å²) in [7, 11) is 0. The molecule has 1 saturated carbocycles. The molecule has 0 radical (unpaired) electrons. The van der Waals surface area contributed by atoms with Crippen molar-refractivity contribution in [2.75, 3.05) is 6.54 Å². The third kappa shape index (κ3) is 18.5. The highest BCUT2D eigenvalue weighted by molar-refractivity contribution is 5.95. The highest BCUT2D eigenvalue weighted by Crippen LogP contribution is 2.36. The first kappa shape index (κ1) is 40.0. The first-order valence-electron chi connectivity index (χ1n) is 17.0. The highest BCUT2D eigenvalue weighted by Gasteiger charge is 2.25. The predicted octanol–water partition coefficient (Wildman–Crippen LogP) is 10.9. The summed E-state index contributed by atoms with van der Waals surface area (Å²) >= 11 is 0. The van der Waals surface area contributed by atoms with Crippen molar-refractivity contribution < 1.29 is 9.18 Å². The number of amides is 1. The van der Waals surface area contributed by atoms with Gasteiger partial charge in [0.1, 0.15) is 12.0 Å². The van der Waals surface area contributed by atoms with Gasteiger partial charge in [0, 0.05) is 18.7 Å². The molecule has 2 aliphatic rings. The van der Waals surface area contributed by atoms with Crippen molar-refractivity contribution in [3.05, 3.63) is 28.9 Å². The lowest BCUT2D eigenvalue weighted by Crippen LogP contribution is -2.33. The maximum Gasteiger partial charge on any atom is 0.220 e. The summed E-state index contributed by atoms with van der Waals surface area (Å²) in [5, 5.41) is 10.1. The number of carbonyl (C=O) groups excluding carboxylic acids is 1. The molecule has 5 nitrogen and oxygen atoms in total.